The SMILES string of the molecule is CN(C)C(=O)COc1cc2ccc(Cl)cc2cc1C(N)=O. The van der Waals surface area contributed by atoms with E-state index in [1.807, 2.05) is 6.07 Å². The van der Waals surface area contributed by atoms with Crippen LogP contribution in [0.4, 0.5) is 0 Å². The Morgan fingerprint density at radius 3 is 2.52 bits per heavy atom. The third-order valence-electron chi connectivity index (χ3n) is 3.02. The first-order valence-electron chi connectivity index (χ1n) is 6.24. The number of amides is 2. The van der Waals surface area contributed by atoms with Gasteiger partial charge in [-0.25, -0.2) is 0 Å². The maximum absolute atomic E-state index is 11.6. The normalized spacial score (nSPS) is 10.4. The van der Waals surface area contributed by atoms with Gasteiger partial charge in [0.1, 0.15) is 5.75 Å². The summed E-state index contributed by atoms with van der Waals surface area (Å²) in [5, 5.41) is 2.19. The Labute approximate surface area is 127 Å². The van der Waals surface area contributed by atoms with Gasteiger partial charge in [-0.15, -0.1) is 0 Å². The molecule has 2 aromatic carbocycles. The van der Waals surface area contributed by atoms with Gasteiger partial charge in [0.05, 0.1) is 5.56 Å². The van der Waals surface area contributed by atoms with Crippen LogP contribution >= 0.6 is 11.6 Å². The molecule has 5 nitrogen and oxygen atoms in total. The van der Waals surface area contributed by atoms with E-state index < -0.39 is 5.91 Å². The molecule has 0 aliphatic rings. The van der Waals surface area contributed by atoms with Crippen LogP contribution in [0.25, 0.3) is 10.8 Å². The summed E-state index contributed by atoms with van der Waals surface area (Å²) in [4.78, 5) is 24.5. The van der Waals surface area contributed by atoms with E-state index in [1.54, 1.807) is 38.4 Å². The molecule has 0 saturated carbocycles. The lowest BCUT2D eigenvalue weighted by atomic mass is 10.1. The van der Waals surface area contributed by atoms with Crippen molar-refractivity contribution in [2.75, 3.05) is 20.7 Å². The van der Waals surface area contributed by atoms with Crippen LogP contribution in [-0.4, -0.2) is 37.4 Å². The fourth-order valence-electron chi connectivity index (χ4n) is 1.83. The van der Waals surface area contributed by atoms with E-state index in [0.717, 1.165) is 10.8 Å². The molecule has 0 aliphatic heterocycles. The number of nitrogens with two attached hydrogens (primary N) is 1. The smallest absolute Gasteiger partial charge is 0.259 e. The second kappa shape index (κ2) is 6.01. The topological polar surface area (TPSA) is 72.6 Å². The van der Waals surface area contributed by atoms with E-state index in [2.05, 4.69) is 0 Å². The van der Waals surface area contributed by atoms with Gasteiger partial charge in [-0.05, 0) is 35.0 Å². The number of hydrogen-bond acceptors (Lipinski definition) is 3. The Morgan fingerprint density at radius 2 is 1.90 bits per heavy atom. The van der Waals surface area contributed by atoms with Gasteiger partial charge in [0.15, 0.2) is 6.61 Å². The van der Waals surface area contributed by atoms with Gasteiger partial charge in [-0.2, -0.15) is 0 Å². The number of fused-ring (bicyclic) bond motifs is 1. The van der Waals surface area contributed by atoms with Crippen LogP contribution in [0.15, 0.2) is 30.3 Å². The maximum Gasteiger partial charge on any atom is 0.259 e. The number of benzene rings is 2. The number of halogens is 1. The Balaban J connectivity index is 2.41. The molecule has 0 spiro atoms. The summed E-state index contributed by atoms with van der Waals surface area (Å²) in [6.45, 7) is -0.160. The molecule has 0 aliphatic carbocycles. The third kappa shape index (κ3) is 3.44. The van der Waals surface area contributed by atoms with Gasteiger partial charge in [0.2, 0.25) is 0 Å². The summed E-state index contributed by atoms with van der Waals surface area (Å²) in [7, 11) is 3.26. The predicted octanol–water partition coefficient (Wildman–Crippen LogP) is 2.06. The van der Waals surface area contributed by atoms with E-state index in [-0.39, 0.29) is 23.8 Å². The number of carbonyl (C=O) groups excluding carboxylic acids is 2. The first-order valence-corrected chi connectivity index (χ1v) is 6.62. The van der Waals surface area contributed by atoms with E-state index in [4.69, 9.17) is 22.1 Å². The Kier molecular flexibility index (Phi) is 4.33. The Hall–Kier alpha value is -2.27. The van der Waals surface area contributed by atoms with Crippen molar-refractivity contribution in [1.82, 2.24) is 4.90 Å². The van der Waals surface area contributed by atoms with Crippen LogP contribution in [0.2, 0.25) is 5.02 Å². The van der Waals surface area contributed by atoms with Crippen molar-refractivity contribution in [2.24, 2.45) is 5.73 Å². The highest BCUT2D eigenvalue weighted by molar-refractivity contribution is 6.31. The fourth-order valence-corrected chi connectivity index (χ4v) is 2.01. The number of hydrogen-bond donors (Lipinski definition) is 1. The van der Waals surface area contributed by atoms with Gasteiger partial charge < -0.3 is 15.4 Å². The van der Waals surface area contributed by atoms with E-state index >= 15 is 0 Å². The molecule has 0 heterocycles. The number of primary amides is 1. The molecule has 21 heavy (non-hydrogen) atoms. The monoisotopic (exact) mass is 306 g/mol. The minimum Gasteiger partial charge on any atom is -0.483 e. The average Bonchev–Trinajstić information content (AvgIpc) is 2.43. The molecule has 6 heteroatoms. The summed E-state index contributed by atoms with van der Waals surface area (Å²) < 4.78 is 5.43. The zero-order chi connectivity index (χ0) is 15.6. The van der Waals surface area contributed by atoms with Crippen LogP contribution in [0.3, 0.4) is 0 Å². The predicted molar refractivity (Wildman–Crippen MR) is 81.7 cm³/mol. The molecule has 0 bridgehead atoms. The molecule has 0 saturated heterocycles. The van der Waals surface area contributed by atoms with E-state index in [9.17, 15) is 9.59 Å². The summed E-state index contributed by atoms with van der Waals surface area (Å²) in [6.07, 6.45) is 0. The van der Waals surface area contributed by atoms with Gasteiger partial charge in [0, 0.05) is 19.1 Å². The molecule has 2 N–H and O–H groups in total. The summed E-state index contributed by atoms with van der Waals surface area (Å²) in [5.74, 6) is -0.543. The molecular formula is C15H15ClN2O3. The zero-order valence-electron chi connectivity index (χ0n) is 11.7. The van der Waals surface area contributed by atoms with Crippen LogP contribution in [-0.2, 0) is 4.79 Å². The van der Waals surface area contributed by atoms with E-state index in [1.165, 1.54) is 4.90 Å². The summed E-state index contributed by atoms with van der Waals surface area (Å²) >= 11 is 5.93. The van der Waals surface area contributed by atoms with Gasteiger partial charge >= 0.3 is 0 Å². The second-order valence-corrected chi connectivity index (χ2v) is 5.22. The summed E-state index contributed by atoms with van der Waals surface area (Å²) in [5.41, 5.74) is 5.58. The summed E-state index contributed by atoms with van der Waals surface area (Å²) in [6, 6.07) is 8.57. The fraction of sp³-hybridized carbons (Fsp3) is 0.200. The van der Waals surface area contributed by atoms with Gasteiger partial charge in [-0.3, -0.25) is 9.59 Å². The molecule has 0 fully saturated rings. The highest BCUT2D eigenvalue weighted by Gasteiger charge is 2.13. The minimum atomic E-state index is -0.621. The van der Waals surface area contributed by atoms with Crippen LogP contribution in [0.5, 0.6) is 5.75 Å². The quantitative estimate of drug-likeness (QED) is 0.939. The molecule has 0 unspecified atom stereocenters. The number of ether oxygens (including phenoxy) is 1. The maximum atomic E-state index is 11.6. The molecule has 2 aromatic rings. The lowest BCUT2D eigenvalue weighted by molar-refractivity contribution is -0.130. The van der Waals surface area contributed by atoms with Crippen molar-refractivity contribution in [3.63, 3.8) is 0 Å². The molecule has 0 aromatic heterocycles. The standard InChI is InChI=1S/C15H15ClN2O3/c1-18(2)14(19)8-21-13-7-9-3-4-11(16)5-10(9)6-12(13)15(17)20/h3-7H,8H2,1-2H3,(H2,17,20). The second-order valence-electron chi connectivity index (χ2n) is 4.78. The Morgan fingerprint density at radius 1 is 1.19 bits per heavy atom. The van der Waals surface area contributed by atoms with Gasteiger partial charge in [0.25, 0.3) is 11.8 Å². The highest BCUT2D eigenvalue weighted by Crippen LogP contribution is 2.28. The van der Waals surface area contributed by atoms with Crippen LogP contribution < -0.4 is 10.5 Å². The number of likely N-dealkylation sites (N-methyl/N-ethyl adjacent to an activating group) is 1. The van der Waals surface area contributed by atoms with Crippen molar-refractivity contribution in [3.8, 4) is 5.75 Å². The molecule has 110 valence electrons. The number of rotatable bonds is 4. The first kappa shape index (κ1) is 15.1. The zero-order valence-corrected chi connectivity index (χ0v) is 12.5. The number of carbonyl (C=O) groups is 2. The first-order chi connectivity index (χ1) is 9.88. The van der Waals surface area contributed by atoms with Crippen molar-refractivity contribution >= 4 is 34.2 Å². The average molecular weight is 307 g/mol. The van der Waals surface area contributed by atoms with Crippen molar-refractivity contribution in [2.45, 2.75) is 0 Å². The minimum absolute atomic E-state index is 0.160. The lowest BCUT2D eigenvalue weighted by Crippen LogP contribution is -2.28. The highest BCUT2D eigenvalue weighted by atomic mass is 35.5. The van der Waals surface area contributed by atoms with Crippen molar-refractivity contribution in [3.05, 3.63) is 40.9 Å². The Bertz CT molecular complexity index is 713. The largest absolute Gasteiger partial charge is 0.483 e. The van der Waals surface area contributed by atoms with E-state index in [0.29, 0.717) is 5.02 Å². The molecular weight excluding hydrogens is 292 g/mol. The van der Waals surface area contributed by atoms with Crippen LogP contribution in [0, 0.1) is 0 Å². The lowest BCUT2D eigenvalue weighted by Gasteiger charge is -2.14. The molecule has 0 radical (unpaired) electrons. The van der Waals surface area contributed by atoms with Crippen LogP contribution in [0.1, 0.15) is 10.4 Å². The van der Waals surface area contributed by atoms with Crippen molar-refractivity contribution < 1.29 is 14.3 Å². The number of nitrogens with zero attached hydrogens (tertiary/aromatic N) is 1. The van der Waals surface area contributed by atoms with Crippen molar-refractivity contribution in [1.29, 1.82) is 0 Å². The molecule has 2 rings (SSSR count). The molecule has 0 atom stereocenters. The molecule has 2 amide bonds. The third-order valence-corrected chi connectivity index (χ3v) is 3.25. The van der Waals surface area contributed by atoms with Gasteiger partial charge in [-0.1, -0.05) is 17.7 Å².